The van der Waals surface area contributed by atoms with Crippen molar-refractivity contribution in [3.05, 3.63) is 165 Å². The van der Waals surface area contributed by atoms with Gasteiger partial charge < -0.3 is 10.6 Å². The van der Waals surface area contributed by atoms with E-state index in [1.165, 1.54) is 18.2 Å². The highest BCUT2D eigenvalue weighted by molar-refractivity contribution is 6.05. The molecule has 2 aromatic heterocycles. The topological polar surface area (TPSA) is 84.0 Å². The zero-order valence-electron chi connectivity index (χ0n) is 32.2. The van der Waals surface area contributed by atoms with Crippen LogP contribution in [0.15, 0.2) is 109 Å². The smallest absolute Gasteiger partial charge is 0.259 e. The second kappa shape index (κ2) is 16.3. The Labute approximate surface area is 333 Å². The highest BCUT2D eigenvalue weighted by atomic mass is 19.3. The van der Waals surface area contributed by atoms with Gasteiger partial charge in [-0.2, -0.15) is 0 Å². The van der Waals surface area contributed by atoms with Crippen molar-refractivity contribution in [3.63, 3.8) is 0 Å². The van der Waals surface area contributed by atoms with Crippen LogP contribution in [0.1, 0.15) is 72.5 Å². The van der Waals surface area contributed by atoms with E-state index in [4.69, 9.17) is 0 Å². The average molecular weight is 789 g/mol. The first-order valence-electron chi connectivity index (χ1n) is 19.0. The summed E-state index contributed by atoms with van der Waals surface area (Å²) in [5.41, 5.74) is 10.1. The van der Waals surface area contributed by atoms with E-state index in [0.717, 1.165) is 50.1 Å². The molecule has 0 spiro atoms. The summed E-state index contributed by atoms with van der Waals surface area (Å²) in [6.07, 6.45) is 3.36. The first kappa shape index (κ1) is 40.0. The maximum absolute atomic E-state index is 13.8. The minimum absolute atomic E-state index is 0.0650. The van der Waals surface area contributed by atoms with Gasteiger partial charge in [0, 0.05) is 54.8 Å². The van der Waals surface area contributed by atoms with Crippen molar-refractivity contribution in [3.8, 4) is 22.3 Å². The summed E-state index contributed by atoms with van der Waals surface area (Å²) < 4.78 is 68.9. The van der Waals surface area contributed by atoms with Crippen molar-refractivity contribution in [2.45, 2.75) is 71.1 Å². The maximum atomic E-state index is 13.8. The van der Waals surface area contributed by atoms with E-state index in [9.17, 15) is 31.5 Å². The number of aryl methyl sites for hydroxylation is 5. The number of hydrogen-bond donors (Lipinski definition) is 2. The van der Waals surface area contributed by atoms with Crippen LogP contribution in [0.3, 0.4) is 0 Å². The third kappa shape index (κ3) is 9.15. The lowest BCUT2D eigenvalue weighted by molar-refractivity contribution is -0.0128. The number of hydrogen-bond acceptors (Lipinski definition) is 4. The van der Waals surface area contributed by atoms with E-state index in [0.29, 0.717) is 35.3 Å². The van der Waals surface area contributed by atoms with Gasteiger partial charge >= 0.3 is 0 Å². The third-order valence-electron chi connectivity index (χ3n) is 10.7. The number of amides is 2. The number of carbonyl (C=O) groups is 2. The molecule has 6 aromatic rings. The summed E-state index contributed by atoms with van der Waals surface area (Å²) in [6, 6.07) is 27.7. The van der Waals surface area contributed by atoms with Crippen molar-refractivity contribution in [1.82, 2.24) is 9.97 Å². The van der Waals surface area contributed by atoms with E-state index in [-0.39, 0.29) is 43.0 Å². The molecule has 0 unspecified atom stereocenters. The third-order valence-corrected chi connectivity index (χ3v) is 10.7. The Kier molecular flexibility index (Phi) is 11.3. The summed E-state index contributed by atoms with van der Waals surface area (Å²) >= 11 is 0. The second-order valence-corrected chi connectivity index (χ2v) is 15.0. The Morgan fingerprint density at radius 3 is 1.45 bits per heavy atom. The van der Waals surface area contributed by atoms with Crippen LogP contribution in [0, 0.1) is 26.6 Å². The van der Waals surface area contributed by atoms with Crippen LogP contribution >= 0.6 is 0 Å². The molecule has 2 N–H and O–H groups in total. The van der Waals surface area contributed by atoms with Gasteiger partial charge in [-0.05, 0) is 126 Å². The zero-order chi connectivity index (χ0) is 41.2. The van der Waals surface area contributed by atoms with Crippen molar-refractivity contribution >= 4 is 23.5 Å². The summed E-state index contributed by atoms with van der Waals surface area (Å²) in [7, 11) is 0. The zero-order valence-corrected chi connectivity index (χ0v) is 32.2. The molecule has 4 aromatic carbocycles. The Morgan fingerprint density at radius 2 is 1.00 bits per heavy atom. The van der Waals surface area contributed by atoms with Gasteiger partial charge in [-0.25, -0.2) is 31.9 Å². The molecule has 296 valence electrons. The molecule has 0 saturated heterocycles. The molecule has 2 heterocycles. The van der Waals surface area contributed by atoms with Gasteiger partial charge in [0.1, 0.15) is 17.5 Å². The van der Waals surface area contributed by atoms with Gasteiger partial charge in [0.05, 0.1) is 5.56 Å². The maximum Gasteiger partial charge on any atom is 0.259 e. The number of halogens is 5. The molecule has 0 bridgehead atoms. The van der Waals surface area contributed by atoms with E-state index in [1.807, 2.05) is 69.3 Å². The number of anilines is 2. The molecule has 2 amide bonds. The molecule has 11 heteroatoms. The molecule has 2 aliphatic carbocycles. The molecular weight excluding hydrogens is 748 g/mol. The fourth-order valence-electron chi connectivity index (χ4n) is 7.51. The quantitative estimate of drug-likeness (QED) is 0.165. The predicted octanol–water partition coefficient (Wildman–Crippen LogP) is 11.3. The van der Waals surface area contributed by atoms with E-state index < -0.39 is 23.6 Å². The molecule has 0 aliphatic heterocycles. The number of fused-ring (bicyclic) bond motifs is 2. The number of nitrogens with zero attached hydrogens (tertiary/aromatic N) is 2. The number of benzene rings is 4. The van der Waals surface area contributed by atoms with Gasteiger partial charge in [0.15, 0.2) is 0 Å². The van der Waals surface area contributed by atoms with Gasteiger partial charge in [-0.15, -0.1) is 0 Å². The number of pyridine rings is 2. The Bertz CT molecular complexity index is 2330. The monoisotopic (exact) mass is 788 g/mol. The van der Waals surface area contributed by atoms with Crippen molar-refractivity contribution in [2.24, 2.45) is 0 Å². The van der Waals surface area contributed by atoms with Gasteiger partial charge in [-0.1, -0.05) is 54.6 Å². The minimum Gasteiger partial charge on any atom is -0.307 e. The van der Waals surface area contributed by atoms with Crippen LogP contribution in [0.25, 0.3) is 22.3 Å². The molecule has 6 nitrogen and oxygen atoms in total. The summed E-state index contributed by atoms with van der Waals surface area (Å²) in [6.45, 7) is 5.81. The largest absolute Gasteiger partial charge is 0.307 e. The SMILES string of the molecule is Cc1cc2c(cc1-c1ccc(NC(=O)c3ccccc3F)nc1)CC(F)(F)CC2.Cc1ccccc1C(=O)Nc1ccc(-c2cc3c(cc2C)CCC(F)(F)C3)cn1. The fourth-order valence-corrected chi connectivity index (χ4v) is 7.51. The number of alkyl halides is 4. The lowest BCUT2D eigenvalue weighted by Gasteiger charge is -2.25. The van der Waals surface area contributed by atoms with Crippen LogP contribution in [-0.4, -0.2) is 33.6 Å². The molecule has 0 fully saturated rings. The summed E-state index contributed by atoms with van der Waals surface area (Å²) in [5.74, 6) is -5.98. The van der Waals surface area contributed by atoms with Crippen LogP contribution in [-0.2, 0) is 25.7 Å². The minimum atomic E-state index is -2.67. The highest BCUT2D eigenvalue weighted by Crippen LogP contribution is 2.38. The number of rotatable bonds is 6. The summed E-state index contributed by atoms with van der Waals surface area (Å²) in [5, 5.41) is 5.37. The first-order chi connectivity index (χ1) is 27.6. The van der Waals surface area contributed by atoms with Gasteiger partial charge in [0.25, 0.3) is 23.7 Å². The van der Waals surface area contributed by atoms with Gasteiger partial charge in [0.2, 0.25) is 0 Å². The first-order valence-corrected chi connectivity index (χ1v) is 19.0. The van der Waals surface area contributed by atoms with Crippen molar-refractivity contribution < 1.29 is 31.5 Å². The number of aromatic nitrogens is 2. The van der Waals surface area contributed by atoms with Gasteiger partial charge in [-0.3, -0.25) is 9.59 Å². The average Bonchev–Trinajstić information content (AvgIpc) is 3.18. The van der Waals surface area contributed by atoms with Crippen LogP contribution < -0.4 is 10.6 Å². The lowest BCUT2D eigenvalue weighted by atomic mass is 9.85. The molecular formula is C47H41F5N4O2. The molecule has 0 saturated carbocycles. The fraction of sp³-hybridized carbons (Fsp3) is 0.234. The van der Waals surface area contributed by atoms with E-state index in [1.54, 1.807) is 42.7 Å². The standard InChI is InChI=1S/C24H22F2N2O.C23H19F3N2O/c1-15-5-3-4-6-20(15)23(29)28-22-8-7-18(14-27-22)21-12-19-13-24(25,26)10-9-17(19)11-16(21)2;1-14-10-15-8-9-23(25,26)12-17(15)11-19(14)16-6-7-21(27-13-16)28-22(29)18-4-2-3-5-20(18)24/h3-8,11-12,14H,9-10,13H2,1-2H3,(H,27,28,29);2-7,10-11,13H,8-9,12H2,1H3,(H,27,28,29). The molecule has 0 radical (unpaired) electrons. The lowest BCUT2D eigenvalue weighted by Crippen LogP contribution is -2.26. The van der Waals surface area contributed by atoms with E-state index in [2.05, 4.69) is 20.6 Å². The van der Waals surface area contributed by atoms with Crippen LogP contribution in [0.4, 0.5) is 33.6 Å². The Balaban J connectivity index is 0.000000177. The Hall–Kier alpha value is -6.23. The predicted molar refractivity (Wildman–Crippen MR) is 216 cm³/mol. The Morgan fingerprint density at radius 1 is 0.552 bits per heavy atom. The number of carbonyl (C=O) groups excluding carboxylic acids is 2. The second-order valence-electron chi connectivity index (χ2n) is 15.0. The van der Waals surface area contributed by atoms with Crippen molar-refractivity contribution in [1.29, 1.82) is 0 Å². The molecule has 58 heavy (non-hydrogen) atoms. The van der Waals surface area contributed by atoms with Crippen LogP contribution in [0.2, 0.25) is 0 Å². The highest BCUT2D eigenvalue weighted by Gasteiger charge is 2.35. The van der Waals surface area contributed by atoms with Crippen molar-refractivity contribution in [2.75, 3.05) is 10.6 Å². The summed E-state index contributed by atoms with van der Waals surface area (Å²) in [4.78, 5) is 33.2. The van der Waals surface area contributed by atoms with Crippen LogP contribution in [0.5, 0.6) is 0 Å². The molecule has 2 aliphatic rings. The normalized spacial score (nSPS) is 14.9. The molecule has 8 rings (SSSR count). The number of nitrogens with one attached hydrogen (secondary N) is 2. The van der Waals surface area contributed by atoms with E-state index >= 15 is 0 Å². The molecule has 0 atom stereocenters.